The zero-order valence-corrected chi connectivity index (χ0v) is 13.0. The van der Waals surface area contributed by atoms with E-state index in [2.05, 4.69) is 31.3 Å². The first-order valence-electron chi connectivity index (χ1n) is 7.98. The summed E-state index contributed by atoms with van der Waals surface area (Å²) in [5.74, 6) is 1.06. The van der Waals surface area contributed by atoms with Crippen LogP contribution in [0.3, 0.4) is 0 Å². The molecule has 1 heterocycles. The average Bonchev–Trinajstić information content (AvgIpc) is 2.46. The van der Waals surface area contributed by atoms with Gasteiger partial charge in [-0.05, 0) is 30.9 Å². The predicted molar refractivity (Wildman–Crippen MR) is 84.9 cm³/mol. The Bertz CT molecular complexity index is 347. The van der Waals surface area contributed by atoms with E-state index in [0.29, 0.717) is 0 Å². The highest BCUT2D eigenvalue weighted by Gasteiger charge is 2.02. The number of hydrogen-bond donors (Lipinski definition) is 1. The standard InChI is InChI=1S/C17H30N2/c1-4-6-7-8-9-10-11-12-16-14-13-15(5-2)17(18-3)19-16/h13-14H,4-12H2,1-3H3,(H,18,19). The van der Waals surface area contributed by atoms with Crippen LogP contribution in [-0.2, 0) is 12.8 Å². The van der Waals surface area contributed by atoms with Crippen LogP contribution < -0.4 is 5.32 Å². The van der Waals surface area contributed by atoms with Gasteiger partial charge in [0.05, 0.1) is 0 Å². The fraction of sp³-hybridized carbons (Fsp3) is 0.706. The quantitative estimate of drug-likeness (QED) is 0.602. The van der Waals surface area contributed by atoms with Crippen LogP contribution in [0.1, 0.15) is 70.1 Å². The second-order valence-electron chi connectivity index (χ2n) is 5.29. The lowest BCUT2D eigenvalue weighted by molar-refractivity contribution is 0.587. The van der Waals surface area contributed by atoms with Gasteiger partial charge < -0.3 is 5.32 Å². The molecule has 0 aliphatic rings. The fourth-order valence-corrected chi connectivity index (χ4v) is 2.43. The summed E-state index contributed by atoms with van der Waals surface area (Å²) >= 11 is 0. The molecule has 1 N–H and O–H groups in total. The summed E-state index contributed by atoms with van der Waals surface area (Å²) in [6, 6.07) is 4.41. The maximum Gasteiger partial charge on any atom is 0.129 e. The number of anilines is 1. The number of nitrogens with zero attached hydrogens (tertiary/aromatic N) is 1. The molecule has 0 spiro atoms. The molecule has 0 aliphatic heterocycles. The molecule has 108 valence electrons. The monoisotopic (exact) mass is 262 g/mol. The zero-order valence-electron chi connectivity index (χ0n) is 13.0. The Hall–Kier alpha value is -1.05. The van der Waals surface area contributed by atoms with E-state index in [1.807, 2.05) is 7.05 Å². The number of aromatic nitrogens is 1. The van der Waals surface area contributed by atoms with Gasteiger partial charge in [-0.2, -0.15) is 0 Å². The molecule has 1 aromatic rings. The molecule has 0 unspecified atom stereocenters. The highest BCUT2D eigenvalue weighted by Crippen LogP contribution is 2.15. The van der Waals surface area contributed by atoms with Crippen LogP contribution >= 0.6 is 0 Å². The van der Waals surface area contributed by atoms with Crippen LogP contribution in [0.25, 0.3) is 0 Å². The summed E-state index contributed by atoms with van der Waals surface area (Å²) in [6.07, 6.45) is 11.7. The van der Waals surface area contributed by atoms with E-state index >= 15 is 0 Å². The molecule has 0 aromatic carbocycles. The van der Waals surface area contributed by atoms with Crippen molar-refractivity contribution in [3.63, 3.8) is 0 Å². The van der Waals surface area contributed by atoms with Crippen molar-refractivity contribution in [3.8, 4) is 0 Å². The first kappa shape index (κ1) is 16.0. The SMILES string of the molecule is CCCCCCCCCc1ccc(CC)c(NC)n1. The van der Waals surface area contributed by atoms with Crippen LogP contribution in [0.5, 0.6) is 0 Å². The number of hydrogen-bond acceptors (Lipinski definition) is 2. The Morgan fingerprint density at radius 3 is 2.26 bits per heavy atom. The Balaban J connectivity index is 2.26. The third-order valence-electron chi connectivity index (χ3n) is 3.69. The molecular formula is C17H30N2. The highest BCUT2D eigenvalue weighted by molar-refractivity contribution is 5.44. The number of rotatable bonds is 10. The van der Waals surface area contributed by atoms with Crippen LogP contribution in [0.15, 0.2) is 12.1 Å². The second-order valence-corrected chi connectivity index (χ2v) is 5.29. The Kier molecular flexibility index (Phi) is 8.28. The second kappa shape index (κ2) is 9.82. The van der Waals surface area contributed by atoms with Crippen molar-refractivity contribution in [2.75, 3.05) is 12.4 Å². The van der Waals surface area contributed by atoms with Gasteiger partial charge in [0.15, 0.2) is 0 Å². The van der Waals surface area contributed by atoms with Crippen molar-refractivity contribution < 1.29 is 0 Å². The van der Waals surface area contributed by atoms with E-state index in [0.717, 1.165) is 18.7 Å². The van der Waals surface area contributed by atoms with Crippen LogP contribution in [0, 0.1) is 0 Å². The molecular weight excluding hydrogens is 232 g/mol. The normalized spacial score (nSPS) is 10.7. The summed E-state index contributed by atoms with van der Waals surface area (Å²) in [7, 11) is 1.96. The Morgan fingerprint density at radius 2 is 1.63 bits per heavy atom. The number of nitrogens with one attached hydrogen (secondary N) is 1. The molecule has 1 rings (SSSR count). The molecule has 0 bridgehead atoms. The minimum Gasteiger partial charge on any atom is -0.373 e. The molecule has 0 radical (unpaired) electrons. The van der Waals surface area contributed by atoms with Crippen molar-refractivity contribution in [1.82, 2.24) is 4.98 Å². The molecule has 0 saturated carbocycles. The zero-order chi connectivity index (χ0) is 13.9. The average molecular weight is 262 g/mol. The van der Waals surface area contributed by atoms with E-state index in [9.17, 15) is 0 Å². The van der Waals surface area contributed by atoms with Gasteiger partial charge in [-0.25, -0.2) is 4.98 Å². The van der Waals surface area contributed by atoms with Gasteiger partial charge in [-0.3, -0.25) is 0 Å². The molecule has 0 atom stereocenters. The van der Waals surface area contributed by atoms with Gasteiger partial charge in [0.25, 0.3) is 0 Å². The highest BCUT2D eigenvalue weighted by atomic mass is 15.0. The van der Waals surface area contributed by atoms with Crippen molar-refractivity contribution in [2.24, 2.45) is 0 Å². The molecule has 0 amide bonds. The topological polar surface area (TPSA) is 24.9 Å². The van der Waals surface area contributed by atoms with Gasteiger partial charge in [-0.15, -0.1) is 0 Å². The minimum atomic E-state index is 1.04. The van der Waals surface area contributed by atoms with Crippen LogP contribution in [-0.4, -0.2) is 12.0 Å². The van der Waals surface area contributed by atoms with Gasteiger partial charge in [0.1, 0.15) is 5.82 Å². The number of pyridine rings is 1. The van der Waals surface area contributed by atoms with Crippen molar-refractivity contribution >= 4 is 5.82 Å². The Labute approximate surface area is 119 Å². The molecule has 0 aliphatic carbocycles. The van der Waals surface area contributed by atoms with E-state index < -0.39 is 0 Å². The van der Waals surface area contributed by atoms with Gasteiger partial charge in [0.2, 0.25) is 0 Å². The summed E-state index contributed by atoms with van der Waals surface area (Å²) < 4.78 is 0. The largest absolute Gasteiger partial charge is 0.373 e. The van der Waals surface area contributed by atoms with E-state index in [1.54, 1.807) is 0 Å². The number of unbranched alkanes of at least 4 members (excludes halogenated alkanes) is 6. The molecule has 2 nitrogen and oxygen atoms in total. The van der Waals surface area contributed by atoms with Crippen molar-refractivity contribution in [1.29, 1.82) is 0 Å². The molecule has 0 saturated heterocycles. The van der Waals surface area contributed by atoms with Crippen molar-refractivity contribution in [2.45, 2.75) is 71.6 Å². The molecule has 0 fully saturated rings. The van der Waals surface area contributed by atoms with E-state index in [-0.39, 0.29) is 0 Å². The van der Waals surface area contributed by atoms with Crippen molar-refractivity contribution in [3.05, 3.63) is 23.4 Å². The molecule has 19 heavy (non-hydrogen) atoms. The van der Waals surface area contributed by atoms with Gasteiger partial charge >= 0.3 is 0 Å². The lowest BCUT2D eigenvalue weighted by Gasteiger charge is -2.09. The van der Waals surface area contributed by atoms with Crippen LogP contribution in [0.2, 0.25) is 0 Å². The molecule has 1 aromatic heterocycles. The first-order chi connectivity index (χ1) is 9.31. The summed E-state index contributed by atoms with van der Waals surface area (Å²) in [5.41, 5.74) is 2.54. The van der Waals surface area contributed by atoms with Gasteiger partial charge in [0, 0.05) is 12.7 Å². The fourth-order valence-electron chi connectivity index (χ4n) is 2.43. The summed E-state index contributed by atoms with van der Waals surface area (Å²) in [5, 5.41) is 3.20. The predicted octanol–water partition coefficient (Wildman–Crippen LogP) is 4.98. The lowest BCUT2D eigenvalue weighted by Crippen LogP contribution is -2.01. The van der Waals surface area contributed by atoms with E-state index in [1.165, 1.54) is 56.2 Å². The first-order valence-corrected chi connectivity index (χ1v) is 7.98. The number of aryl methyl sites for hydroxylation is 2. The maximum atomic E-state index is 4.70. The molecule has 2 heteroatoms. The lowest BCUT2D eigenvalue weighted by atomic mass is 10.1. The Morgan fingerprint density at radius 1 is 0.947 bits per heavy atom. The minimum absolute atomic E-state index is 1.04. The van der Waals surface area contributed by atoms with E-state index in [4.69, 9.17) is 4.98 Å². The third kappa shape index (κ3) is 6.09. The van der Waals surface area contributed by atoms with Gasteiger partial charge in [-0.1, -0.05) is 58.4 Å². The summed E-state index contributed by atoms with van der Waals surface area (Å²) in [6.45, 7) is 4.44. The maximum absolute atomic E-state index is 4.70. The van der Waals surface area contributed by atoms with Crippen LogP contribution in [0.4, 0.5) is 5.82 Å². The third-order valence-corrected chi connectivity index (χ3v) is 3.69. The smallest absolute Gasteiger partial charge is 0.129 e. The summed E-state index contributed by atoms with van der Waals surface area (Å²) in [4.78, 5) is 4.70.